The van der Waals surface area contributed by atoms with E-state index in [4.69, 9.17) is 4.74 Å². The number of rotatable bonds is 7. The molecule has 0 saturated carbocycles. The second kappa shape index (κ2) is 8.41. The van der Waals surface area contributed by atoms with Crippen molar-refractivity contribution in [1.82, 2.24) is 4.98 Å². The van der Waals surface area contributed by atoms with Crippen LogP contribution < -0.4 is 14.8 Å². The molecule has 3 aromatic rings. The molecule has 1 aromatic heterocycles. The van der Waals surface area contributed by atoms with Crippen LogP contribution in [0, 0.1) is 6.92 Å². The summed E-state index contributed by atoms with van der Waals surface area (Å²) in [5, 5.41) is 3.19. The van der Waals surface area contributed by atoms with Crippen LogP contribution in [0.3, 0.4) is 0 Å². The molecule has 146 valence electrons. The van der Waals surface area contributed by atoms with E-state index in [9.17, 15) is 13.2 Å². The summed E-state index contributed by atoms with van der Waals surface area (Å²) < 4.78 is 33.0. The van der Waals surface area contributed by atoms with Crippen molar-refractivity contribution < 1.29 is 17.9 Å². The van der Waals surface area contributed by atoms with Gasteiger partial charge >= 0.3 is 0 Å². The van der Waals surface area contributed by atoms with E-state index in [2.05, 4.69) is 15.0 Å². The third kappa shape index (κ3) is 4.87. The van der Waals surface area contributed by atoms with Crippen LogP contribution in [-0.4, -0.2) is 25.9 Å². The minimum atomic E-state index is -3.79. The molecule has 0 spiro atoms. The van der Waals surface area contributed by atoms with Crippen LogP contribution in [-0.2, 0) is 10.0 Å². The van der Waals surface area contributed by atoms with Gasteiger partial charge in [-0.3, -0.25) is 14.8 Å². The number of carbonyl (C=O) groups is 1. The van der Waals surface area contributed by atoms with Crippen molar-refractivity contribution in [2.75, 3.05) is 16.6 Å². The summed E-state index contributed by atoms with van der Waals surface area (Å²) in [7, 11) is -3.79. The summed E-state index contributed by atoms with van der Waals surface area (Å²) in [6.45, 7) is 4.24. The van der Waals surface area contributed by atoms with Gasteiger partial charge in [-0.05, 0) is 56.3 Å². The monoisotopic (exact) mass is 417 g/mol. The highest BCUT2D eigenvalue weighted by Crippen LogP contribution is 2.21. The lowest BCUT2D eigenvalue weighted by Crippen LogP contribution is -2.15. The number of aromatic nitrogens is 1. The number of carbonyl (C=O) groups excluding carboxylic acids is 1. The molecule has 0 radical (unpaired) electrons. The number of sulfonamides is 1. The number of thiazole rings is 1. The molecule has 0 aliphatic heterocycles. The van der Waals surface area contributed by atoms with E-state index in [0.717, 1.165) is 4.88 Å². The third-order valence-electron chi connectivity index (χ3n) is 3.66. The predicted octanol–water partition coefficient (Wildman–Crippen LogP) is 3.90. The molecule has 0 aliphatic carbocycles. The van der Waals surface area contributed by atoms with Crippen molar-refractivity contribution in [3.8, 4) is 5.75 Å². The molecule has 0 saturated heterocycles. The van der Waals surface area contributed by atoms with Gasteiger partial charge in [0.2, 0.25) is 0 Å². The highest BCUT2D eigenvalue weighted by Gasteiger charge is 2.16. The molecular formula is C19H19N3O4S2. The Labute approximate surface area is 167 Å². The molecule has 3 rings (SSSR count). The zero-order chi connectivity index (χ0) is 20.1. The summed E-state index contributed by atoms with van der Waals surface area (Å²) in [6.07, 6.45) is 1.67. The summed E-state index contributed by atoms with van der Waals surface area (Å²) in [5.41, 5.74) is 0.608. The second-order valence-electron chi connectivity index (χ2n) is 5.82. The highest BCUT2D eigenvalue weighted by atomic mass is 32.2. The van der Waals surface area contributed by atoms with Crippen molar-refractivity contribution in [2.45, 2.75) is 18.7 Å². The van der Waals surface area contributed by atoms with Crippen molar-refractivity contribution >= 4 is 38.1 Å². The van der Waals surface area contributed by atoms with Crippen LogP contribution >= 0.6 is 11.3 Å². The number of hydrogen-bond donors (Lipinski definition) is 2. The van der Waals surface area contributed by atoms with E-state index in [1.807, 2.05) is 13.8 Å². The molecule has 0 bridgehead atoms. The van der Waals surface area contributed by atoms with Gasteiger partial charge in [0.15, 0.2) is 5.13 Å². The zero-order valence-corrected chi connectivity index (χ0v) is 16.9. The van der Waals surface area contributed by atoms with Gasteiger partial charge in [0.1, 0.15) is 5.75 Å². The standard InChI is InChI=1S/C19H19N3O4S2/c1-3-26-16-7-9-17(10-8-16)28(24,25)22-15-6-4-5-14(11-15)18(23)21-19-20-12-13(2)27-19/h4-12,22H,3H2,1-2H3,(H,20,21,23). The lowest BCUT2D eigenvalue weighted by Gasteiger charge is -2.10. The van der Waals surface area contributed by atoms with Gasteiger partial charge in [-0.15, -0.1) is 11.3 Å². The number of benzene rings is 2. The summed E-state index contributed by atoms with van der Waals surface area (Å²) in [4.78, 5) is 17.5. The van der Waals surface area contributed by atoms with Crippen LogP contribution in [0.25, 0.3) is 0 Å². The normalized spacial score (nSPS) is 11.1. The first-order chi connectivity index (χ1) is 13.4. The molecule has 1 amide bonds. The Morgan fingerprint density at radius 1 is 1.18 bits per heavy atom. The number of hydrogen-bond acceptors (Lipinski definition) is 6. The zero-order valence-electron chi connectivity index (χ0n) is 15.3. The quantitative estimate of drug-likeness (QED) is 0.608. The van der Waals surface area contributed by atoms with Crippen molar-refractivity contribution in [1.29, 1.82) is 0 Å². The van der Waals surface area contributed by atoms with Gasteiger partial charge in [0, 0.05) is 22.3 Å². The fraction of sp³-hybridized carbons (Fsp3) is 0.158. The Hall–Kier alpha value is -2.91. The fourth-order valence-electron chi connectivity index (χ4n) is 2.40. The topological polar surface area (TPSA) is 97.4 Å². The van der Waals surface area contributed by atoms with Crippen molar-refractivity contribution in [3.05, 3.63) is 65.2 Å². The third-order valence-corrected chi connectivity index (χ3v) is 5.89. The maximum absolute atomic E-state index is 12.6. The Morgan fingerprint density at radius 2 is 1.93 bits per heavy atom. The molecule has 0 fully saturated rings. The van der Waals surface area contributed by atoms with Gasteiger partial charge in [-0.1, -0.05) is 6.07 Å². The van der Waals surface area contributed by atoms with Crippen molar-refractivity contribution in [2.24, 2.45) is 0 Å². The molecule has 2 aromatic carbocycles. The summed E-state index contributed by atoms with van der Waals surface area (Å²) >= 11 is 1.36. The van der Waals surface area contributed by atoms with E-state index in [-0.39, 0.29) is 16.5 Å². The number of nitrogens with zero attached hydrogens (tertiary/aromatic N) is 1. The number of amides is 1. The SMILES string of the molecule is CCOc1ccc(S(=O)(=O)Nc2cccc(C(=O)Nc3ncc(C)s3)c2)cc1. The predicted molar refractivity (Wildman–Crippen MR) is 110 cm³/mol. The first-order valence-electron chi connectivity index (χ1n) is 8.47. The Kier molecular flexibility index (Phi) is 5.96. The minimum Gasteiger partial charge on any atom is -0.494 e. The van der Waals surface area contributed by atoms with Crippen LogP contribution in [0.1, 0.15) is 22.2 Å². The van der Waals surface area contributed by atoms with Gasteiger partial charge in [-0.25, -0.2) is 13.4 Å². The average Bonchev–Trinajstić information content (AvgIpc) is 3.07. The van der Waals surface area contributed by atoms with Gasteiger partial charge in [-0.2, -0.15) is 0 Å². The molecule has 0 aliphatic rings. The Balaban J connectivity index is 1.75. The lowest BCUT2D eigenvalue weighted by molar-refractivity contribution is 0.102. The summed E-state index contributed by atoms with van der Waals surface area (Å²) in [6, 6.07) is 12.4. The van der Waals surface area contributed by atoms with Crippen LogP contribution in [0.15, 0.2) is 59.6 Å². The van der Waals surface area contributed by atoms with Crippen LogP contribution in [0.2, 0.25) is 0 Å². The van der Waals surface area contributed by atoms with E-state index >= 15 is 0 Å². The molecule has 0 atom stereocenters. The summed E-state index contributed by atoms with van der Waals surface area (Å²) in [5.74, 6) is 0.231. The van der Waals surface area contributed by atoms with Gasteiger partial charge < -0.3 is 4.74 Å². The maximum atomic E-state index is 12.6. The van der Waals surface area contributed by atoms with Crippen LogP contribution in [0.4, 0.5) is 10.8 Å². The highest BCUT2D eigenvalue weighted by molar-refractivity contribution is 7.92. The molecule has 1 heterocycles. The second-order valence-corrected chi connectivity index (χ2v) is 8.74. The largest absolute Gasteiger partial charge is 0.494 e. The molecule has 9 heteroatoms. The number of ether oxygens (including phenoxy) is 1. The first-order valence-corrected chi connectivity index (χ1v) is 10.8. The smallest absolute Gasteiger partial charge is 0.261 e. The Morgan fingerprint density at radius 3 is 2.57 bits per heavy atom. The molecule has 0 unspecified atom stereocenters. The van der Waals surface area contributed by atoms with Gasteiger partial charge in [0.05, 0.1) is 11.5 Å². The molecule has 2 N–H and O–H groups in total. The van der Waals surface area contributed by atoms with Crippen molar-refractivity contribution in [3.63, 3.8) is 0 Å². The van der Waals surface area contributed by atoms with Crippen LogP contribution in [0.5, 0.6) is 5.75 Å². The number of anilines is 2. The van der Waals surface area contributed by atoms with E-state index < -0.39 is 10.0 Å². The molecule has 7 nitrogen and oxygen atoms in total. The first kappa shape index (κ1) is 19.8. The number of aryl methyl sites for hydroxylation is 1. The van der Waals surface area contributed by atoms with Gasteiger partial charge in [0.25, 0.3) is 15.9 Å². The maximum Gasteiger partial charge on any atom is 0.261 e. The Bertz CT molecular complexity index is 1080. The number of nitrogens with one attached hydrogen (secondary N) is 2. The molecule has 28 heavy (non-hydrogen) atoms. The van der Waals surface area contributed by atoms with E-state index in [0.29, 0.717) is 23.1 Å². The molecular weight excluding hydrogens is 398 g/mol. The van der Waals surface area contributed by atoms with E-state index in [1.165, 1.54) is 29.5 Å². The van der Waals surface area contributed by atoms with E-state index in [1.54, 1.807) is 36.5 Å². The fourth-order valence-corrected chi connectivity index (χ4v) is 4.11. The minimum absolute atomic E-state index is 0.101. The average molecular weight is 418 g/mol. The lowest BCUT2D eigenvalue weighted by atomic mass is 10.2.